The molecule has 1 aliphatic rings. The topological polar surface area (TPSA) is 57.7 Å². The Kier molecular flexibility index (Phi) is 4.15. The van der Waals surface area contributed by atoms with Gasteiger partial charge in [-0.1, -0.05) is 11.6 Å². The number of fused-ring (bicyclic) bond motifs is 2. The molecule has 0 aliphatic carbocycles. The van der Waals surface area contributed by atoms with E-state index in [0.717, 1.165) is 5.39 Å². The Morgan fingerprint density at radius 3 is 2.84 bits per heavy atom. The van der Waals surface area contributed by atoms with E-state index in [0.29, 0.717) is 46.6 Å². The number of hydrogen-bond donors (Lipinski definition) is 0. The van der Waals surface area contributed by atoms with Crippen LogP contribution in [-0.4, -0.2) is 30.6 Å². The van der Waals surface area contributed by atoms with Gasteiger partial charge < -0.3 is 14.2 Å². The summed E-state index contributed by atoms with van der Waals surface area (Å²) in [6.45, 7) is 0.885. The van der Waals surface area contributed by atoms with E-state index in [1.54, 1.807) is 42.6 Å². The van der Waals surface area contributed by atoms with Crippen LogP contribution in [0, 0.1) is 0 Å². The molecule has 0 bridgehead atoms. The third-order valence-electron chi connectivity index (χ3n) is 3.90. The van der Waals surface area contributed by atoms with Crippen LogP contribution in [0.1, 0.15) is 10.4 Å². The second-order valence-corrected chi connectivity index (χ2v) is 5.92. The first-order valence-electron chi connectivity index (χ1n) is 7.81. The second kappa shape index (κ2) is 6.61. The van der Waals surface area contributed by atoms with E-state index in [4.69, 9.17) is 25.8 Å². The monoisotopic (exact) mass is 355 g/mol. The molecule has 0 spiro atoms. The van der Waals surface area contributed by atoms with Gasteiger partial charge in [0, 0.05) is 17.1 Å². The highest BCUT2D eigenvalue weighted by molar-refractivity contribution is 6.35. The fraction of sp³-hybridized carbons (Fsp3) is 0.158. The number of carbonyl (C=O) groups is 1. The highest BCUT2D eigenvalue weighted by Gasteiger charge is 2.16. The Morgan fingerprint density at radius 2 is 1.96 bits per heavy atom. The molecule has 0 saturated carbocycles. The molecule has 25 heavy (non-hydrogen) atoms. The molecule has 2 aromatic carbocycles. The summed E-state index contributed by atoms with van der Waals surface area (Å²) in [5.74, 6) is 1.59. The quantitative estimate of drug-likeness (QED) is 0.664. The van der Waals surface area contributed by atoms with Crippen LogP contribution in [0.4, 0.5) is 0 Å². The van der Waals surface area contributed by atoms with Crippen LogP contribution in [0.5, 0.6) is 17.2 Å². The van der Waals surface area contributed by atoms with Crippen molar-refractivity contribution < 1.29 is 19.0 Å². The van der Waals surface area contributed by atoms with Crippen molar-refractivity contribution in [1.29, 1.82) is 0 Å². The maximum atomic E-state index is 12.4. The van der Waals surface area contributed by atoms with Crippen LogP contribution in [0.2, 0.25) is 5.02 Å². The summed E-state index contributed by atoms with van der Waals surface area (Å²) < 4.78 is 16.7. The van der Waals surface area contributed by atoms with Crippen LogP contribution in [0.3, 0.4) is 0 Å². The van der Waals surface area contributed by atoms with Gasteiger partial charge >= 0.3 is 0 Å². The van der Waals surface area contributed by atoms with Crippen LogP contribution < -0.4 is 14.2 Å². The lowest BCUT2D eigenvalue weighted by molar-refractivity contribution is 0.0921. The average molecular weight is 356 g/mol. The number of Topliss-reactive ketones (excluding diaryl/α,β-unsaturated/α-hetero) is 1. The Morgan fingerprint density at radius 1 is 1.12 bits per heavy atom. The van der Waals surface area contributed by atoms with Crippen LogP contribution >= 0.6 is 11.6 Å². The lowest BCUT2D eigenvalue weighted by Gasteiger charge is -2.18. The van der Waals surface area contributed by atoms with E-state index < -0.39 is 0 Å². The number of benzene rings is 2. The van der Waals surface area contributed by atoms with Crippen molar-refractivity contribution in [3.8, 4) is 17.2 Å². The first-order chi connectivity index (χ1) is 12.2. The van der Waals surface area contributed by atoms with Crippen molar-refractivity contribution in [1.82, 2.24) is 4.98 Å². The van der Waals surface area contributed by atoms with Crippen LogP contribution in [0.25, 0.3) is 10.9 Å². The van der Waals surface area contributed by atoms with Crippen molar-refractivity contribution in [2.45, 2.75) is 0 Å². The van der Waals surface area contributed by atoms with Gasteiger partial charge in [-0.05, 0) is 42.5 Å². The summed E-state index contributed by atoms with van der Waals surface area (Å²) in [5.41, 5.74) is 1.14. The zero-order valence-corrected chi connectivity index (χ0v) is 14.0. The van der Waals surface area contributed by atoms with Crippen LogP contribution in [0.15, 0.2) is 48.7 Å². The Hall–Kier alpha value is -2.79. The number of aromatic nitrogens is 1. The number of ketones is 1. The van der Waals surface area contributed by atoms with Crippen molar-refractivity contribution in [3.63, 3.8) is 0 Å². The highest BCUT2D eigenvalue weighted by Crippen LogP contribution is 2.32. The molecule has 5 nitrogen and oxygen atoms in total. The smallest absolute Gasteiger partial charge is 0.200 e. The van der Waals surface area contributed by atoms with Gasteiger partial charge in [-0.2, -0.15) is 0 Å². The number of hydrogen-bond acceptors (Lipinski definition) is 5. The molecule has 6 heteroatoms. The van der Waals surface area contributed by atoms with E-state index in [-0.39, 0.29) is 12.4 Å². The number of carbonyl (C=O) groups excluding carboxylic acids is 1. The Labute approximate surface area is 149 Å². The molecular weight excluding hydrogens is 342 g/mol. The SMILES string of the molecule is O=C(COc1ccc(Cl)c2cccnc12)c1ccc2c(c1)OCCO2. The normalized spacial score (nSPS) is 12.8. The van der Waals surface area contributed by atoms with Gasteiger partial charge in [-0.3, -0.25) is 9.78 Å². The highest BCUT2D eigenvalue weighted by atomic mass is 35.5. The van der Waals surface area contributed by atoms with Crippen molar-refractivity contribution >= 4 is 28.3 Å². The molecule has 4 rings (SSSR count). The van der Waals surface area contributed by atoms with E-state index >= 15 is 0 Å². The molecule has 3 aromatic rings. The number of pyridine rings is 1. The summed E-state index contributed by atoms with van der Waals surface area (Å²) >= 11 is 6.17. The molecule has 0 amide bonds. The molecule has 0 atom stereocenters. The van der Waals surface area contributed by atoms with Crippen molar-refractivity contribution in [2.24, 2.45) is 0 Å². The number of ether oxygens (including phenoxy) is 3. The molecule has 0 fully saturated rings. The standard InChI is InChI=1S/C19H14ClNO4/c20-14-4-6-17(19-13(14)2-1-7-21-19)25-11-15(22)12-3-5-16-18(10-12)24-9-8-23-16/h1-7,10H,8-9,11H2. The number of nitrogens with zero attached hydrogens (tertiary/aromatic N) is 1. The first-order valence-corrected chi connectivity index (χ1v) is 8.19. The molecule has 1 aliphatic heterocycles. The summed E-state index contributed by atoms with van der Waals surface area (Å²) in [5, 5.41) is 1.38. The molecule has 0 unspecified atom stereocenters. The molecular formula is C19H14ClNO4. The average Bonchev–Trinajstić information content (AvgIpc) is 2.67. The predicted molar refractivity (Wildman–Crippen MR) is 94.0 cm³/mol. The zero-order chi connectivity index (χ0) is 17.2. The Bertz CT molecular complexity index is 957. The van der Waals surface area contributed by atoms with Gasteiger partial charge in [0.2, 0.25) is 0 Å². The van der Waals surface area contributed by atoms with E-state index in [9.17, 15) is 4.79 Å². The largest absolute Gasteiger partial charge is 0.486 e. The van der Waals surface area contributed by atoms with Gasteiger partial charge in [0.1, 0.15) is 24.5 Å². The molecule has 0 saturated heterocycles. The van der Waals surface area contributed by atoms with E-state index in [1.807, 2.05) is 6.07 Å². The Balaban J connectivity index is 1.54. The number of halogens is 1. The molecule has 126 valence electrons. The summed E-state index contributed by atoms with van der Waals surface area (Å²) in [4.78, 5) is 16.7. The lowest BCUT2D eigenvalue weighted by atomic mass is 10.1. The van der Waals surface area contributed by atoms with Crippen molar-refractivity contribution in [3.05, 3.63) is 59.2 Å². The fourth-order valence-corrected chi connectivity index (χ4v) is 2.89. The molecule has 1 aromatic heterocycles. The first kappa shape index (κ1) is 15.7. The molecule has 0 N–H and O–H groups in total. The van der Waals surface area contributed by atoms with E-state index in [1.165, 1.54) is 0 Å². The van der Waals surface area contributed by atoms with E-state index in [2.05, 4.69) is 4.98 Å². The van der Waals surface area contributed by atoms with Gasteiger partial charge in [0.25, 0.3) is 0 Å². The number of rotatable bonds is 4. The third kappa shape index (κ3) is 3.10. The maximum absolute atomic E-state index is 12.4. The second-order valence-electron chi connectivity index (χ2n) is 5.52. The van der Waals surface area contributed by atoms with Gasteiger partial charge in [-0.15, -0.1) is 0 Å². The van der Waals surface area contributed by atoms with Gasteiger partial charge in [0.15, 0.2) is 23.9 Å². The zero-order valence-electron chi connectivity index (χ0n) is 13.2. The molecule has 0 radical (unpaired) electrons. The minimum atomic E-state index is -0.156. The summed E-state index contributed by atoms with van der Waals surface area (Å²) in [7, 11) is 0. The van der Waals surface area contributed by atoms with Crippen molar-refractivity contribution in [2.75, 3.05) is 19.8 Å². The third-order valence-corrected chi connectivity index (χ3v) is 4.23. The minimum absolute atomic E-state index is 0.104. The van der Waals surface area contributed by atoms with Crippen LogP contribution in [-0.2, 0) is 0 Å². The van der Waals surface area contributed by atoms with Gasteiger partial charge in [-0.25, -0.2) is 0 Å². The summed E-state index contributed by atoms with van der Waals surface area (Å²) in [6.07, 6.45) is 1.66. The molecule has 2 heterocycles. The minimum Gasteiger partial charge on any atom is -0.486 e. The fourth-order valence-electron chi connectivity index (χ4n) is 2.67. The maximum Gasteiger partial charge on any atom is 0.200 e. The predicted octanol–water partition coefficient (Wildman–Crippen LogP) is 3.92. The lowest BCUT2D eigenvalue weighted by Crippen LogP contribution is -2.17. The summed E-state index contributed by atoms with van der Waals surface area (Å²) in [6, 6.07) is 12.2. The van der Waals surface area contributed by atoms with Gasteiger partial charge in [0.05, 0.1) is 5.02 Å².